The van der Waals surface area contributed by atoms with Crippen LogP contribution in [0.25, 0.3) is 22.7 Å². The van der Waals surface area contributed by atoms with Crippen molar-refractivity contribution in [3.8, 4) is 5.69 Å². The highest BCUT2D eigenvalue weighted by Gasteiger charge is 2.16. The van der Waals surface area contributed by atoms with Crippen molar-refractivity contribution in [2.45, 2.75) is 34.1 Å². The minimum atomic E-state index is -0.570. The lowest BCUT2D eigenvalue weighted by Crippen LogP contribution is -2.25. The average Bonchev–Trinajstić information content (AvgIpc) is 2.68. The van der Waals surface area contributed by atoms with Gasteiger partial charge in [-0.1, -0.05) is 25.1 Å². The number of aromatic nitrogens is 2. The minimum absolute atomic E-state index is 0.127. The second kappa shape index (κ2) is 8.39. The molecule has 0 unspecified atom stereocenters. The zero-order chi connectivity index (χ0) is 21.1. The number of halogens is 1. The van der Waals surface area contributed by atoms with Crippen molar-refractivity contribution in [2.75, 3.05) is 6.61 Å². The molecule has 1 aromatic heterocycles. The van der Waals surface area contributed by atoms with E-state index in [2.05, 4.69) is 4.98 Å². The molecule has 0 fully saturated rings. The third kappa shape index (κ3) is 3.97. The van der Waals surface area contributed by atoms with Crippen molar-refractivity contribution < 1.29 is 13.9 Å². The van der Waals surface area contributed by atoms with Gasteiger partial charge in [-0.05, 0) is 44.0 Å². The van der Waals surface area contributed by atoms with Gasteiger partial charge >= 0.3 is 5.97 Å². The van der Waals surface area contributed by atoms with E-state index in [0.717, 1.165) is 22.9 Å². The third-order valence-electron chi connectivity index (χ3n) is 4.72. The molecular formula is C23H23FN2O3. The first-order valence-corrected chi connectivity index (χ1v) is 9.54. The van der Waals surface area contributed by atoms with E-state index < -0.39 is 11.8 Å². The summed E-state index contributed by atoms with van der Waals surface area (Å²) in [6.07, 6.45) is 2.97. The molecule has 0 amide bonds. The lowest BCUT2D eigenvalue weighted by molar-refractivity contribution is -0.137. The number of carbonyl (C=O) groups excluding carboxylic acids is 1. The minimum Gasteiger partial charge on any atom is -0.463 e. The van der Waals surface area contributed by atoms with Crippen LogP contribution in [0, 0.1) is 19.7 Å². The Labute approximate surface area is 168 Å². The van der Waals surface area contributed by atoms with Crippen LogP contribution in [0.15, 0.2) is 41.2 Å². The molecule has 0 saturated carbocycles. The molecule has 29 heavy (non-hydrogen) atoms. The van der Waals surface area contributed by atoms with E-state index in [-0.39, 0.29) is 23.1 Å². The molecule has 0 aliphatic rings. The third-order valence-corrected chi connectivity index (χ3v) is 4.72. The van der Waals surface area contributed by atoms with E-state index in [1.807, 2.05) is 39.0 Å². The molecule has 2 aromatic carbocycles. The predicted octanol–water partition coefficient (Wildman–Crippen LogP) is 4.28. The maximum atomic E-state index is 14.5. The van der Waals surface area contributed by atoms with Crippen LogP contribution in [0.3, 0.4) is 0 Å². The van der Waals surface area contributed by atoms with E-state index in [1.165, 1.54) is 18.2 Å². The summed E-state index contributed by atoms with van der Waals surface area (Å²) in [5.74, 6) is -0.565. The van der Waals surface area contributed by atoms with Crippen molar-refractivity contribution in [3.05, 3.63) is 75.1 Å². The number of rotatable bonds is 5. The summed E-state index contributed by atoms with van der Waals surface area (Å²) >= 11 is 0. The molecule has 5 nitrogen and oxygen atoms in total. The number of para-hydroxylation sites is 1. The first kappa shape index (κ1) is 20.5. The summed E-state index contributed by atoms with van der Waals surface area (Å²) in [6.45, 7) is 7.71. The van der Waals surface area contributed by atoms with Gasteiger partial charge in [-0.25, -0.2) is 14.2 Å². The van der Waals surface area contributed by atoms with Crippen molar-refractivity contribution in [2.24, 2.45) is 0 Å². The van der Waals surface area contributed by atoms with Gasteiger partial charge in [-0.15, -0.1) is 0 Å². The molecule has 0 aliphatic heterocycles. The van der Waals surface area contributed by atoms with Gasteiger partial charge in [0.15, 0.2) is 0 Å². The Bertz CT molecular complexity index is 1160. The highest BCUT2D eigenvalue weighted by atomic mass is 19.1. The maximum absolute atomic E-state index is 14.5. The summed E-state index contributed by atoms with van der Waals surface area (Å²) < 4.78 is 20.9. The number of fused-ring (bicyclic) bond motifs is 1. The van der Waals surface area contributed by atoms with Crippen LogP contribution in [0.1, 0.15) is 36.4 Å². The molecule has 150 valence electrons. The lowest BCUT2D eigenvalue weighted by Gasteiger charge is -2.17. The van der Waals surface area contributed by atoms with Gasteiger partial charge in [0, 0.05) is 24.1 Å². The second-order valence-electron chi connectivity index (χ2n) is 6.74. The first-order chi connectivity index (χ1) is 13.9. The molecule has 0 aliphatic carbocycles. The van der Waals surface area contributed by atoms with Gasteiger partial charge in [-0.3, -0.25) is 9.36 Å². The maximum Gasteiger partial charge on any atom is 0.330 e. The number of hydrogen-bond acceptors (Lipinski definition) is 4. The zero-order valence-corrected chi connectivity index (χ0v) is 17.0. The highest BCUT2D eigenvalue weighted by Crippen LogP contribution is 2.22. The summed E-state index contributed by atoms with van der Waals surface area (Å²) in [7, 11) is 0. The van der Waals surface area contributed by atoms with E-state index in [4.69, 9.17) is 4.74 Å². The molecule has 1 heterocycles. The Balaban J connectivity index is 2.27. The van der Waals surface area contributed by atoms with Crippen molar-refractivity contribution in [1.82, 2.24) is 9.55 Å². The van der Waals surface area contributed by atoms with Crippen LogP contribution >= 0.6 is 0 Å². The van der Waals surface area contributed by atoms with Gasteiger partial charge in [0.1, 0.15) is 11.6 Å². The smallest absolute Gasteiger partial charge is 0.330 e. The Morgan fingerprint density at radius 2 is 1.90 bits per heavy atom. The highest BCUT2D eigenvalue weighted by molar-refractivity contribution is 5.89. The molecule has 0 atom stereocenters. The Morgan fingerprint density at radius 3 is 2.52 bits per heavy atom. The monoisotopic (exact) mass is 394 g/mol. The van der Waals surface area contributed by atoms with Crippen LogP contribution in [0.5, 0.6) is 0 Å². The van der Waals surface area contributed by atoms with Crippen LogP contribution in [0.4, 0.5) is 4.39 Å². The number of esters is 1. The largest absolute Gasteiger partial charge is 0.463 e. The summed E-state index contributed by atoms with van der Waals surface area (Å²) in [5, 5.41) is 0.287. The SMILES string of the molecule is CCOC(=O)C=Cc1cc2c(=O)n(-c3c(C)cccc3C)c(CC)nc2cc1F. The van der Waals surface area contributed by atoms with Crippen molar-refractivity contribution in [1.29, 1.82) is 0 Å². The van der Waals surface area contributed by atoms with Crippen LogP contribution in [-0.4, -0.2) is 22.1 Å². The molecular weight excluding hydrogens is 371 g/mol. The second-order valence-corrected chi connectivity index (χ2v) is 6.74. The Morgan fingerprint density at radius 1 is 1.21 bits per heavy atom. The number of hydrogen-bond donors (Lipinski definition) is 0. The number of aryl methyl sites for hydroxylation is 3. The summed E-state index contributed by atoms with van der Waals surface area (Å²) in [4.78, 5) is 29.5. The summed E-state index contributed by atoms with van der Waals surface area (Å²) in [6, 6.07) is 8.48. The van der Waals surface area contributed by atoms with Crippen LogP contribution in [-0.2, 0) is 16.0 Å². The summed E-state index contributed by atoms with van der Waals surface area (Å²) in [5.41, 5.74) is 2.84. The molecule has 0 spiro atoms. The van der Waals surface area contributed by atoms with E-state index in [0.29, 0.717) is 17.8 Å². The topological polar surface area (TPSA) is 61.2 Å². The van der Waals surface area contributed by atoms with Crippen molar-refractivity contribution in [3.63, 3.8) is 0 Å². The van der Waals surface area contributed by atoms with Gasteiger partial charge in [0.05, 0.1) is 23.2 Å². The molecule has 0 saturated heterocycles. The van der Waals surface area contributed by atoms with Gasteiger partial charge < -0.3 is 4.74 Å². The number of carbonyl (C=O) groups is 1. The average molecular weight is 394 g/mol. The van der Waals surface area contributed by atoms with Gasteiger partial charge in [0.25, 0.3) is 5.56 Å². The fourth-order valence-corrected chi connectivity index (χ4v) is 3.37. The zero-order valence-electron chi connectivity index (χ0n) is 17.0. The fourth-order valence-electron chi connectivity index (χ4n) is 3.37. The first-order valence-electron chi connectivity index (χ1n) is 9.54. The van der Waals surface area contributed by atoms with Crippen molar-refractivity contribution >= 4 is 22.9 Å². The molecule has 0 N–H and O–H groups in total. The standard InChI is InChI=1S/C23H23FN2O3/c1-5-20-25-19-13-18(24)16(10-11-21(27)29-6-2)12-17(19)23(28)26(20)22-14(3)8-7-9-15(22)4/h7-13H,5-6H2,1-4H3. The van der Waals surface area contributed by atoms with Crippen LogP contribution in [0.2, 0.25) is 0 Å². The molecule has 0 radical (unpaired) electrons. The Kier molecular flexibility index (Phi) is 5.92. The molecule has 0 bridgehead atoms. The molecule has 3 rings (SSSR count). The van der Waals surface area contributed by atoms with E-state index in [9.17, 15) is 14.0 Å². The lowest BCUT2D eigenvalue weighted by atomic mass is 10.1. The van der Waals surface area contributed by atoms with Crippen LogP contribution < -0.4 is 5.56 Å². The predicted molar refractivity (Wildman–Crippen MR) is 112 cm³/mol. The van der Waals surface area contributed by atoms with E-state index in [1.54, 1.807) is 11.5 Å². The number of nitrogens with zero attached hydrogens (tertiary/aromatic N) is 2. The number of ether oxygens (including phenoxy) is 1. The quantitative estimate of drug-likeness (QED) is 0.479. The molecule has 3 aromatic rings. The number of benzene rings is 2. The Hall–Kier alpha value is -3.28. The fraction of sp³-hybridized carbons (Fsp3) is 0.261. The van der Waals surface area contributed by atoms with E-state index >= 15 is 0 Å². The normalized spacial score (nSPS) is 11.3. The van der Waals surface area contributed by atoms with Gasteiger partial charge in [-0.2, -0.15) is 0 Å². The molecule has 6 heteroatoms. The van der Waals surface area contributed by atoms with Gasteiger partial charge in [0.2, 0.25) is 0 Å².